The van der Waals surface area contributed by atoms with E-state index in [4.69, 9.17) is 14.2 Å². The summed E-state index contributed by atoms with van der Waals surface area (Å²) in [5.74, 6) is 0.849. The van der Waals surface area contributed by atoms with Gasteiger partial charge in [-0.15, -0.1) is 0 Å². The fraction of sp³-hybridized carbons (Fsp3) is 0.212. The van der Waals surface area contributed by atoms with Crippen LogP contribution < -0.4 is 20.1 Å². The number of alkyl carbamates (subject to hydrolysis) is 1. The summed E-state index contributed by atoms with van der Waals surface area (Å²) in [7, 11) is 0. The van der Waals surface area contributed by atoms with Gasteiger partial charge in [0.2, 0.25) is 5.91 Å². The molecular weight excluding hydrogens is 504 g/mol. The topological polar surface area (TPSA) is 85.9 Å². The molecule has 0 aliphatic carbocycles. The first-order valence-corrected chi connectivity index (χ1v) is 13.3. The number of hydrogen-bond acceptors (Lipinski definition) is 5. The van der Waals surface area contributed by atoms with E-state index in [2.05, 4.69) is 10.6 Å². The normalized spacial score (nSPS) is 11.2. The maximum absolute atomic E-state index is 12.8. The third kappa shape index (κ3) is 8.91. The highest BCUT2D eigenvalue weighted by Crippen LogP contribution is 2.30. The summed E-state index contributed by atoms with van der Waals surface area (Å²) in [6.07, 6.45) is -0.420. The van der Waals surface area contributed by atoms with Gasteiger partial charge in [0, 0.05) is 13.0 Å². The highest BCUT2D eigenvalue weighted by atomic mass is 16.5. The SMILES string of the molecule is CCNC(=O)[C@H](Cc1ccc(OCc2ccccc2)c(OCc2ccccc2)c1)NC(=O)OCc1ccccc1. The predicted octanol–water partition coefficient (Wildman–Crippen LogP) is 5.82. The molecule has 2 N–H and O–H groups in total. The van der Waals surface area contributed by atoms with E-state index in [1.54, 1.807) is 0 Å². The highest BCUT2D eigenvalue weighted by Gasteiger charge is 2.22. The van der Waals surface area contributed by atoms with Crippen molar-refractivity contribution in [3.8, 4) is 11.5 Å². The molecule has 0 radical (unpaired) electrons. The minimum absolute atomic E-state index is 0.111. The molecule has 0 aliphatic rings. The predicted molar refractivity (Wildman–Crippen MR) is 154 cm³/mol. The molecule has 206 valence electrons. The molecule has 7 heteroatoms. The zero-order chi connectivity index (χ0) is 28.0. The Kier molecular flexibility index (Phi) is 10.6. The van der Waals surface area contributed by atoms with E-state index in [0.29, 0.717) is 31.3 Å². The first kappa shape index (κ1) is 28.2. The maximum atomic E-state index is 12.8. The van der Waals surface area contributed by atoms with Crippen molar-refractivity contribution in [2.24, 2.45) is 0 Å². The molecule has 7 nitrogen and oxygen atoms in total. The van der Waals surface area contributed by atoms with Gasteiger partial charge < -0.3 is 24.8 Å². The Balaban J connectivity index is 1.48. The molecule has 0 saturated carbocycles. The number of carbonyl (C=O) groups is 2. The molecule has 4 rings (SSSR count). The van der Waals surface area contributed by atoms with Crippen LogP contribution in [0.2, 0.25) is 0 Å². The van der Waals surface area contributed by atoms with Gasteiger partial charge in [0.05, 0.1) is 0 Å². The van der Waals surface area contributed by atoms with E-state index in [-0.39, 0.29) is 18.9 Å². The molecular formula is C33H34N2O5. The van der Waals surface area contributed by atoms with E-state index in [1.807, 2.05) is 116 Å². The van der Waals surface area contributed by atoms with Crippen molar-refractivity contribution >= 4 is 12.0 Å². The van der Waals surface area contributed by atoms with Crippen molar-refractivity contribution in [2.75, 3.05) is 6.54 Å². The van der Waals surface area contributed by atoms with Crippen molar-refractivity contribution in [1.82, 2.24) is 10.6 Å². The van der Waals surface area contributed by atoms with Crippen LogP contribution in [0.1, 0.15) is 29.2 Å². The fourth-order valence-corrected chi connectivity index (χ4v) is 4.03. The minimum atomic E-state index is -0.832. The minimum Gasteiger partial charge on any atom is -0.485 e. The Hall–Kier alpha value is -4.78. The van der Waals surface area contributed by atoms with E-state index in [1.165, 1.54) is 0 Å². The van der Waals surface area contributed by atoms with Gasteiger partial charge >= 0.3 is 6.09 Å². The van der Waals surface area contributed by atoms with Gasteiger partial charge in [-0.1, -0.05) is 97.1 Å². The first-order chi connectivity index (χ1) is 19.6. The zero-order valence-electron chi connectivity index (χ0n) is 22.5. The Morgan fingerprint density at radius 1 is 0.650 bits per heavy atom. The van der Waals surface area contributed by atoms with Crippen LogP contribution in [0.4, 0.5) is 4.79 Å². The van der Waals surface area contributed by atoms with E-state index in [0.717, 1.165) is 22.3 Å². The van der Waals surface area contributed by atoms with E-state index >= 15 is 0 Å². The lowest BCUT2D eigenvalue weighted by molar-refractivity contribution is -0.122. The fourth-order valence-electron chi connectivity index (χ4n) is 4.03. The van der Waals surface area contributed by atoms with Gasteiger partial charge in [0.15, 0.2) is 11.5 Å². The van der Waals surface area contributed by atoms with Gasteiger partial charge in [0.25, 0.3) is 0 Å². The molecule has 2 amide bonds. The maximum Gasteiger partial charge on any atom is 0.408 e. The smallest absolute Gasteiger partial charge is 0.408 e. The number of nitrogens with one attached hydrogen (secondary N) is 2. The van der Waals surface area contributed by atoms with Gasteiger partial charge in [-0.3, -0.25) is 4.79 Å². The second kappa shape index (κ2) is 15.0. The molecule has 0 spiro atoms. The van der Waals surface area contributed by atoms with Crippen LogP contribution in [-0.4, -0.2) is 24.6 Å². The van der Waals surface area contributed by atoms with Gasteiger partial charge in [-0.2, -0.15) is 0 Å². The average molecular weight is 539 g/mol. The third-order valence-corrected chi connectivity index (χ3v) is 6.09. The first-order valence-electron chi connectivity index (χ1n) is 13.3. The van der Waals surface area contributed by atoms with Crippen LogP contribution in [0, 0.1) is 0 Å². The summed E-state index contributed by atoms with van der Waals surface area (Å²) in [6, 6.07) is 33.9. The van der Waals surface area contributed by atoms with Crippen molar-refractivity contribution in [2.45, 2.75) is 39.2 Å². The Labute approximate surface area is 235 Å². The van der Waals surface area contributed by atoms with E-state index in [9.17, 15) is 9.59 Å². The molecule has 0 saturated heterocycles. The second-order valence-electron chi connectivity index (χ2n) is 9.19. The number of likely N-dealkylation sites (N-methyl/N-ethyl adjacent to an activating group) is 1. The number of ether oxygens (including phenoxy) is 3. The van der Waals surface area contributed by atoms with Crippen LogP contribution in [0.25, 0.3) is 0 Å². The molecule has 1 atom stereocenters. The number of hydrogen-bond donors (Lipinski definition) is 2. The molecule has 0 bridgehead atoms. The lowest BCUT2D eigenvalue weighted by Crippen LogP contribution is -2.48. The summed E-state index contributed by atoms with van der Waals surface area (Å²) in [5, 5.41) is 5.50. The summed E-state index contributed by atoms with van der Waals surface area (Å²) in [6.45, 7) is 3.12. The van der Waals surface area contributed by atoms with Gasteiger partial charge in [-0.25, -0.2) is 4.79 Å². The van der Waals surface area contributed by atoms with Crippen LogP contribution in [0.3, 0.4) is 0 Å². The zero-order valence-corrected chi connectivity index (χ0v) is 22.5. The van der Waals surface area contributed by atoms with Crippen molar-refractivity contribution in [3.05, 3.63) is 131 Å². The monoisotopic (exact) mass is 538 g/mol. The van der Waals surface area contributed by atoms with Crippen molar-refractivity contribution in [1.29, 1.82) is 0 Å². The number of rotatable bonds is 13. The molecule has 40 heavy (non-hydrogen) atoms. The Morgan fingerprint density at radius 2 is 1.18 bits per heavy atom. The molecule has 0 aliphatic heterocycles. The average Bonchev–Trinajstić information content (AvgIpc) is 3.00. The lowest BCUT2D eigenvalue weighted by atomic mass is 10.0. The van der Waals surface area contributed by atoms with Crippen LogP contribution in [0.15, 0.2) is 109 Å². The van der Waals surface area contributed by atoms with E-state index < -0.39 is 12.1 Å². The van der Waals surface area contributed by atoms with Gasteiger partial charge in [-0.05, 0) is 41.3 Å². The largest absolute Gasteiger partial charge is 0.485 e. The molecule has 0 fully saturated rings. The molecule has 0 unspecified atom stereocenters. The third-order valence-electron chi connectivity index (χ3n) is 6.09. The summed E-state index contributed by atoms with van der Waals surface area (Å²) in [4.78, 5) is 25.4. The molecule has 4 aromatic rings. The van der Waals surface area contributed by atoms with Crippen molar-refractivity contribution < 1.29 is 23.8 Å². The Bertz CT molecular complexity index is 1350. The Morgan fingerprint density at radius 3 is 1.73 bits per heavy atom. The summed E-state index contributed by atoms with van der Waals surface area (Å²) < 4.78 is 17.6. The van der Waals surface area contributed by atoms with Crippen LogP contribution >= 0.6 is 0 Å². The highest BCUT2D eigenvalue weighted by molar-refractivity contribution is 5.85. The summed E-state index contributed by atoms with van der Waals surface area (Å²) in [5.41, 5.74) is 3.72. The molecule has 0 heterocycles. The van der Waals surface area contributed by atoms with Crippen LogP contribution in [0.5, 0.6) is 11.5 Å². The number of carbonyl (C=O) groups excluding carboxylic acids is 2. The molecule has 4 aromatic carbocycles. The summed E-state index contributed by atoms with van der Waals surface area (Å²) >= 11 is 0. The number of benzene rings is 4. The number of amides is 2. The van der Waals surface area contributed by atoms with Crippen LogP contribution in [-0.2, 0) is 35.8 Å². The molecule has 0 aromatic heterocycles. The van der Waals surface area contributed by atoms with Crippen molar-refractivity contribution in [3.63, 3.8) is 0 Å². The second-order valence-corrected chi connectivity index (χ2v) is 9.19. The van der Waals surface area contributed by atoms with Gasteiger partial charge in [0.1, 0.15) is 25.9 Å². The standard InChI is InChI=1S/C33H34N2O5/c1-2-34-32(36)29(35-33(37)40-24-27-16-10-5-11-17-27)20-28-18-19-30(38-22-25-12-6-3-7-13-25)31(21-28)39-23-26-14-8-4-9-15-26/h3-19,21,29H,2,20,22-24H2,1H3,(H,34,36)(H,35,37)/t29-/m0/s1. The quantitative estimate of drug-likeness (QED) is 0.224. The lowest BCUT2D eigenvalue weighted by Gasteiger charge is -2.19.